The second-order valence-electron chi connectivity index (χ2n) is 2.45. The molecule has 0 unspecified atom stereocenters. The first-order valence-electron chi connectivity index (χ1n) is 3.68. The van der Waals surface area contributed by atoms with Crippen molar-refractivity contribution in [3.05, 3.63) is 34.8 Å². The summed E-state index contributed by atoms with van der Waals surface area (Å²) in [5.74, 6) is -0.109. The molecule has 1 amide bonds. The molecule has 66 valence electrons. The zero-order valence-corrected chi connectivity index (χ0v) is 7.47. The topological polar surface area (TPSA) is 57.8 Å². The number of rotatable bonds is 2. The van der Waals surface area contributed by atoms with Crippen molar-refractivity contribution in [3.8, 4) is 0 Å². The van der Waals surface area contributed by atoms with Gasteiger partial charge >= 0.3 is 0 Å². The Labute approximate surface area is 78.6 Å². The SMILES string of the molecule is O=C(Nc1cn[nH]c1)c1ccsc1. The first-order chi connectivity index (χ1) is 6.36. The van der Waals surface area contributed by atoms with Gasteiger partial charge in [-0.3, -0.25) is 9.89 Å². The van der Waals surface area contributed by atoms with Crippen molar-refractivity contribution in [2.45, 2.75) is 0 Å². The van der Waals surface area contributed by atoms with Crippen molar-refractivity contribution < 1.29 is 4.79 Å². The molecule has 2 aromatic heterocycles. The van der Waals surface area contributed by atoms with Crippen molar-refractivity contribution in [3.63, 3.8) is 0 Å². The second kappa shape index (κ2) is 3.40. The lowest BCUT2D eigenvalue weighted by Gasteiger charge is -1.97. The van der Waals surface area contributed by atoms with E-state index in [9.17, 15) is 4.79 Å². The third kappa shape index (κ3) is 1.75. The predicted molar refractivity (Wildman–Crippen MR) is 50.9 cm³/mol. The molecule has 0 aliphatic heterocycles. The van der Waals surface area contributed by atoms with Crippen LogP contribution in [-0.2, 0) is 0 Å². The van der Waals surface area contributed by atoms with Crippen molar-refractivity contribution >= 4 is 22.9 Å². The molecular formula is C8H7N3OS. The van der Waals surface area contributed by atoms with Gasteiger partial charge in [-0.25, -0.2) is 0 Å². The van der Waals surface area contributed by atoms with Crippen molar-refractivity contribution in [1.29, 1.82) is 0 Å². The molecule has 2 rings (SSSR count). The minimum atomic E-state index is -0.109. The lowest BCUT2D eigenvalue weighted by atomic mass is 10.3. The second-order valence-corrected chi connectivity index (χ2v) is 3.23. The average Bonchev–Trinajstić information content (AvgIpc) is 2.74. The molecule has 0 fully saturated rings. The van der Waals surface area contributed by atoms with Gasteiger partial charge in [0.25, 0.3) is 5.91 Å². The van der Waals surface area contributed by atoms with Crippen LogP contribution in [0.3, 0.4) is 0 Å². The lowest BCUT2D eigenvalue weighted by Crippen LogP contribution is -2.09. The summed E-state index contributed by atoms with van der Waals surface area (Å²) in [6.45, 7) is 0. The first-order valence-corrected chi connectivity index (χ1v) is 4.63. The Hall–Kier alpha value is -1.62. The fraction of sp³-hybridized carbons (Fsp3) is 0. The number of nitrogens with one attached hydrogen (secondary N) is 2. The number of hydrogen-bond donors (Lipinski definition) is 2. The van der Waals surface area contributed by atoms with Gasteiger partial charge < -0.3 is 5.32 Å². The van der Waals surface area contributed by atoms with Gasteiger partial charge in [0, 0.05) is 11.6 Å². The number of amides is 1. The number of anilines is 1. The van der Waals surface area contributed by atoms with Crippen molar-refractivity contribution in [2.75, 3.05) is 5.32 Å². The molecule has 13 heavy (non-hydrogen) atoms. The quantitative estimate of drug-likeness (QED) is 0.763. The fourth-order valence-electron chi connectivity index (χ4n) is 0.916. The Morgan fingerprint density at radius 1 is 1.62 bits per heavy atom. The van der Waals surface area contributed by atoms with Gasteiger partial charge in [0.1, 0.15) is 0 Å². The van der Waals surface area contributed by atoms with E-state index < -0.39 is 0 Å². The summed E-state index contributed by atoms with van der Waals surface area (Å²) >= 11 is 1.50. The van der Waals surface area contributed by atoms with Crippen molar-refractivity contribution in [2.24, 2.45) is 0 Å². The normalized spacial score (nSPS) is 9.85. The van der Waals surface area contributed by atoms with Crippen molar-refractivity contribution in [1.82, 2.24) is 10.2 Å². The Morgan fingerprint density at radius 3 is 3.15 bits per heavy atom. The average molecular weight is 193 g/mol. The maximum Gasteiger partial charge on any atom is 0.256 e. The molecule has 0 atom stereocenters. The standard InChI is InChI=1S/C8H7N3OS/c12-8(6-1-2-13-5-6)11-7-3-9-10-4-7/h1-5H,(H,9,10)(H,11,12). The van der Waals surface area contributed by atoms with Crippen LogP contribution in [0, 0.1) is 0 Å². The van der Waals surface area contributed by atoms with Gasteiger partial charge in [-0.15, -0.1) is 0 Å². The molecule has 0 bridgehead atoms. The summed E-state index contributed by atoms with van der Waals surface area (Å²) in [5.41, 5.74) is 1.35. The van der Waals surface area contributed by atoms with E-state index in [4.69, 9.17) is 0 Å². The molecule has 0 spiro atoms. The monoisotopic (exact) mass is 193 g/mol. The van der Waals surface area contributed by atoms with Crippen LogP contribution in [0.25, 0.3) is 0 Å². The maximum absolute atomic E-state index is 11.4. The van der Waals surface area contributed by atoms with E-state index in [0.717, 1.165) is 0 Å². The van der Waals surface area contributed by atoms with E-state index >= 15 is 0 Å². The number of H-pyrrole nitrogens is 1. The summed E-state index contributed by atoms with van der Waals surface area (Å²) < 4.78 is 0. The third-order valence-corrected chi connectivity index (χ3v) is 2.22. The van der Waals surface area contributed by atoms with Crippen LogP contribution >= 0.6 is 11.3 Å². The van der Waals surface area contributed by atoms with E-state index in [1.165, 1.54) is 11.3 Å². The summed E-state index contributed by atoms with van der Waals surface area (Å²) in [7, 11) is 0. The minimum absolute atomic E-state index is 0.109. The van der Waals surface area contributed by atoms with E-state index in [1.807, 2.05) is 5.38 Å². The van der Waals surface area contributed by atoms with Crippen LogP contribution < -0.4 is 5.32 Å². The highest BCUT2D eigenvalue weighted by Gasteiger charge is 2.05. The summed E-state index contributed by atoms with van der Waals surface area (Å²) in [6.07, 6.45) is 3.19. The van der Waals surface area contributed by atoms with Crippen LogP contribution in [0.1, 0.15) is 10.4 Å². The van der Waals surface area contributed by atoms with Crippen LogP contribution in [-0.4, -0.2) is 16.1 Å². The molecule has 2 N–H and O–H groups in total. The highest BCUT2D eigenvalue weighted by molar-refractivity contribution is 7.08. The Morgan fingerprint density at radius 2 is 2.54 bits per heavy atom. The largest absolute Gasteiger partial charge is 0.319 e. The smallest absolute Gasteiger partial charge is 0.256 e. The number of aromatic amines is 1. The molecule has 0 saturated carbocycles. The fourth-order valence-corrected chi connectivity index (χ4v) is 1.55. The summed E-state index contributed by atoms with van der Waals surface area (Å²) in [4.78, 5) is 11.4. The van der Waals surface area contributed by atoms with Gasteiger partial charge in [0.15, 0.2) is 0 Å². The van der Waals surface area contributed by atoms with E-state index in [2.05, 4.69) is 15.5 Å². The molecule has 2 aromatic rings. The molecule has 2 heterocycles. The molecule has 0 aliphatic carbocycles. The zero-order chi connectivity index (χ0) is 9.10. The highest BCUT2D eigenvalue weighted by atomic mass is 32.1. The lowest BCUT2D eigenvalue weighted by molar-refractivity contribution is 0.102. The Balaban J connectivity index is 2.08. The number of carbonyl (C=O) groups is 1. The molecule has 0 aliphatic rings. The number of nitrogens with zero attached hydrogens (tertiary/aromatic N) is 1. The Bertz CT molecular complexity index is 379. The van der Waals surface area contributed by atoms with Crippen LogP contribution in [0.5, 0.6) is 0 Å². The molecule has 5 heteroatoms. The molecular weight excluding hydrogens is 186 g/mol. The van der Waals surface area contributed by atoms with Gasteiger partial charge in [-0.1, -0.05) is 0 Å². The first kappa shape index (κ1) is 8.00. The number of aromatic nitrogens is 2. The van der Waals surface area contributed by atoms with Gasteiger partial charge in [-0.05, 0) is 11.4 Å². The molecule has 0 radical (unpaired) electrons. The van der Waals surface area contributed by atoms with Crippen LogP contribution in [0.4, 0.5) is 5.69 Å². The van der Waals surface area contributed by atoms with Crippen LogP contribution in [0.2, 0.25) is 0 Å². The molecule has 0 saturated heterocycles. The predicted octanol–water partition coefficient (Wildman–Crippen LogP) is 1.72. The number of hydrogen-bond acceptors (Lipinski definition) is 3. The number of carbonyl (C=O) groups excluding carboxylic acids is 1. The number of thiophene rings is 1. The van der Waals surface area contributed by atoms with E-state index in [1.54, 1.807) is 23.8 Å². The highest BCUT2D eigenvalue weighted by Crippen LogP contribution is 2.09. The van der Waals surface area contributed by atoms with E-state index in [0.29, 0.717) is 11.3 Å². The molecule has 4 nitrogen and oxygen atoms in total. The van der Waals surface area contributed by atoms with Gasteiger partial charge in [0.05, 0.1) is 17.4 Å². The van der Waals surface area contributed by atoms with Gasteiger partial charge in [0.2, 0.25) is 0 Å². The summed E-state index contributed by atoms with van der Waals surface area (Å²) in [5, 5.41) is 12.7. The molecule has 0 aromatic carbocycles. The third-order valence-electron chi connectivity index (χ3n) is 1.54. The Kier molecular flexibility index (Phi) is 2.09. The van der Waals surface area contributed by atoms with Gasteiger partial charge in [-0.2, -0.15) is 16.4 Å². The van der Waals surface area contributed by atoms with Crippen LogP contribution in [0.15, 0.2) is 29.2 Å². The van der Waals surface area contributed by atoms with E-state index in [-0.39, 0.29) is 5.91 Å². The summed E-state index contributed by atoms with van der Waals surface area (Å²) in [6, 6.07) is 1.78. The minimum Gasteiger partial charge on any atom is -0.319 e. The zero-order valence-electron chi connectivity index (χ0n) is 6.65. The maximum atomic E-state index is 11.4.